The molecule has 6 heteroatoms. The summed E-state index contributed by atoms with van der Waals surface area (Å²) in [7, 11) is 0. The number of nitrogens with two attached hydrogens (primary N) is 1. The van der Waals surface area contributed by atoms with Crippen molar-refractivity contribution in [3.05, 3.63) is 33.8 Å². The summed E-state index contributed by atoms with van der Waals surface area (Å²) in [5, 5.41) is 0. The lowest BCUT2D eigenvalue weighted by molar-refractivity contribution is -0.0496. The first-order valence-corrected chi connectivity index (χ1v) is 7.93. The van der Waals surface area contributed by atoms with Crippen LogP contribution in [0.15, 0.2) is 16.6 Å². The van der Waals surface area contributed by atoms with Crippen LogP contribution in [0.2, 0.25) is 0 Å². The molecular formula is C15H21BrF2N2O. The van der Waals surface area contributed by atoms with Gasteiger partial charge in [-0.3, -0.25) is 4.90 Å². The van der Waals surface area contributed by atoms with Gasteiger partial charge in [0.2, 0.25) is 0 Å². The maximum Gasteiger partial charge on any atom is 0.143 e. The minimum Gasteiger partial charge on any atom is -0.374 e. The molecule has 1 aliphatic heterocycles. The summed E-state index contributed by atoms with van der Waals surface area (Å²) in [6.07, 6.45) is -0.0906. The predicted octanol–water partition coefficient (Wildman–Crippen LogP) is 2.71. The second-order valence-electron chi connectivity index (χ2n) is 5.69. The summed E-state index contributed by atoms with van der Waals surface area (Å²) < 4.78 is 33.7. The van der Waals surface area contributed by atoms with E-state index < -0.39 is 17.7 Å². The van der Waals surface area contributed by atoms with Crippen molar-refractivity contribution in [2.24, 2.45) is 5.73 Å². The third-order valence-corrected chi connectivity index (χ3v) is 4.52. The number of hydrogen-bond acceptors (Lipinski definition) is 3. The molecular weight excluding hydrogens is 342 g/mol. The average molecular weight is 363 g/mol. The molecule has 1 aromatic rings. The minimum absolute atomic E-state index is 0.0159. The van der Waals surface area contributed by atoms with Gasteiger partial charge < -0.3 is 10.5 Å². The van der Waals surface area contributed by atoms with Crippen molar-refractivity contribution in [3.63, 3.8) is 0 Å². The number of benzene rings is 1. The predicted molar refractivity (Wildman–Crippen MR) is 82.2 cm³/mol. The Labute approximate surface area is 132 Å². The number of rotatable bonds is 4. The summed E-state index contributed by atoms with van der Waals surface area (Å²) in [5.41, 5.74) is 6.15. The Morgan fingerprint density at radius 3 is 2.81 bits per heavy atom. The molecule has 3 nitrogen and oxygen atoms in total. The van der Waals surface area contributed by atoms with E-state index in [4.69, 9.17) is 10.5 Å². The van der Waals surface area contributed by atoms with Crippen LogP contribution in [0.4, 0.5) is 8.78 Å². The lowest BCUT2D eigenvalue weighted by Crippen LogP contribution is -2.53. The largest absolute Gasteiger partial charge is 0.374 e. The van der Waals surface area contributed by atoms with E-state index in [0.717, 1.165) is 6.54 Å². The molecule has 2 atom stereocenters. The molecule has 0 aliphatic carbocycles. The zero-order valence-corrected chi connectivity index (χ0v) is 13.9. The zero-order chi connectivity index (χ0) is 15.6. The number of halogens is 3. The van der Waals surface area contributed by atoms with Gasteiger partial charge >= 0.3 is 0 Å². The Hall–Kier alpha value is -0.560. The molecule has 0 saturated carbocycles. The van der Waals surface area contributed by atoms with Gasteiger partial charge in [-0.25, -0.2) is 8.78 Å². The summed E-state index contributed by atoms with van der Waals surface area (Å²) in [5.74, 6) is -1.15. The molecule has 118 valence electrons. The van der Waals surface area contributed by atoms with Gasteiger partial charge in [0.25, 0.3) is 0 Å². The van der Waals surface area contributed by atoms with Crippen LogP contribution >= 0.6 is 15.9 Å². The van der Waals surface area contributed by atoms with Gasteiger partial charge in [0.1, 0.15) is 11.6 Å². The molecule has 21 heavy (non-hydrogen) atoms. The van der Waals surface area contributed by atoms with Crippen molar-refractivity contribution in [3.8, 4) is 0 Å². The normalized spacial score (nSPS) is 21.8. The lowest BCUT2D eigenvalue weighted by atomic mass is 9.99. The molecule has 1 saturated heterocycles. The van der Waals surface area contributed by atoms with Gasteiger partial charge in [0, 0.05) is 30.7 Å². The number of nitrogens with zero attached hydrogens (tertiary/aromatic N) is 1. The molecule has 1 aromatic carbocycles. The van der Waals surface area contributed by atoms with Gasteiger partial charge in [0.15, 0.2) is 0 Å². The van der Waals surface area contributed by atoms with Crippen LogP contribution in [0.25, 0.3) is 0 Å². The van der Waals surface area contributed by atoms with Crippen LogP contribution in [0.1, 0.15) is 19.4 Å². The van der Waals surface area contributed by atoms with E-state index in [-0.39, 0.29) is 22.6 Å². The van der Waals surface area contributed by atoms with Crippen LogP contribution in [0.5, 0.6) is 0 Å². The van der Waals surface area contributed by atoms with Gasteiger partial charge in [-0.05, 0) is 48.3 Å². The number of hydrogen-bond donors (Lipinski definition) is 1. The van der Waals surface area contributed by atoms with E-state index in [1.165, 1.54) is 12.1 Å². The van der Waals surface area contributed by atoms with Crippen LogP contribution in [-0.2, 0) is 11.2 Å². The summed E-state index contributed by atoms with van der Waals surface area (Å²) >= 11 is 3.07. The minimum atomic E-state index is -0.582. The maximum absolute atomic E-state index is 14.0. The molecule has 0 bridgehead atoms. The van der Waals surface area contributed by atoms with Gasteiger partial charge in [0.05, 0.1) is 17.2 Å². The highest BCUT2D eigenvalue weighted by Gasteiger charge is 2.28. The van der Waals surface area contributed by atoms with E-state index in [9.17, 15) is 8.78 Å². The molecule has 1 aliphatic rings. The summed E-state index contributed by atoms with van der Waals surface area (Å²) in [6, 6.07) is 2.57. The average Bonchev–Trinajstić information content (AvgIpc) is 2.47. The van der Waals surface area contributed by atoms with Crippen molar-refractivity contribution < 1.29 is 13.5 Å². The van der Waals surface area contributed by atoms with Crippen LogP contribution < -0.4 is 5.73 Å². The smallest absolute Gasteiger partial charge is 0.143 e. The second-order valence-corrected chi connectivity index (χ2v) is 6.54. The molecule has 0 aromatic heterocycles. The molecule has 2 unspecified atom stereocenters. The fourth-order valence-corrected chi connectivity index (χ4v) is 2.92. The highest BCUT2D eigenvalue weighted by atomic mass is 79.9. The lowest BCUT2D eigenvalue weighted by Gasteiger charge is -2.38. The van der Waals surface area contributed by atoms with Crippen molar-refractivity contribution in [2.75, 3.05) is 19.7 Å². The maximum atomic E-state index is 14.0. The standard InChI is InChI=1S/C15H21BrF2N2O/c1-9(2)20-5-6-21-14(8-20)13(19)7-10-12(17)4-3-11(16)15(10)18/h3-4,9,13-14H,5-8,19H2,1-2H3. The Morgan fingerprint density at radius 1 is 1.43 bits per heavy atom. The Bertz CT molecular complexity index is 499. The van der Waals surface area contributed by atoms with Crippen molar-refractivity contribution in [2.45, 2.75) is 38.5 Å². The summed E-state index contributed by atoms with van der Waals surface area (Å²) in [4.78, 5) is 2.27. The molecule has 0 spiro atoms. The first-order valence-electron chi connectivity index (χ1n) is 7.13. The fourth-order valence-electron chi connectivity index (χ4n) is 2.55. The Balaban J connectivity index is 2.08. The van der Waals surface area contributed by atoms with Gasteiger partial charge in [-0.2, -0.15) is 0 Å². The number of morpholine rings is 1. The Morgan fingerprint density at radius 2 is 2.14 bits per heavy atom. The second kappa shape index (κ2) is 7.13. The van der Waals surface area contributed by atoms with E-state index in [0.29, 0.717) is 19.2 Å². The first-order chi connectivity index (χ1) is 9.90. The van der Waals surface area contributed by atoms with Crippen molar-refractivity contribution >= 4 is 15.9 Å². The van der Waals surface area contributed by atoms with E-state index in [1.807, 2.05) is 0 Å². The molecule has 2 N–H and O–H groups in total. The van der Waals surface area contributed by atoms with E-state index in [1.54, 1.807) is 0 Å². The SMILES string of the molecule is CC(C)N1CCOC(C(N)Cc2c(F)ccc(Br)c2F)C1. The highest BCUT2D eigenvalue weighted by molar-refractivity contribution is 9.10. The molecule has 0 amide bonds. The molecule has 1 fully saturated rings. The van der Waals surface area contributed by atoms with Crippen LogP contribution in [-0.4, -0.2) is 42.8 Å². The highest BCUT2D eigenvalue weighted by Crippen LogP contribution is 2.24. The topological polar surface area (TPSA) is 38.5 Å². The van der Waals surface area contributed by atoms with Crippen LogP contribution in [0.3, 0.4) is 0 Å². The molecule has 1 heterocycles. The van der Waals surface area contributed by atoms with Gasteiger partial charge in [-0.1, -0.05) is 0 Å². The van der Waals surface area contributed by atoms with Crippen molar-refractivity contribution in [1.29, 1.82) is 0 Å². The van der Waals surface area contributed by atoms with Crippen LogP contribution in [0, 0.1) is 11.6 Å². The molecule has 2 rings (SSSR count). The third kappa shape index (κ3) is 4.00. The first kappa shape index (κ1) is 16.8. The van der Waals surface area contributed by atoms with Crippen molar-refractivity contribution in [1.82, 2.24) is 4.90 Å². The summed E-state index contributed by atoms with van der Waals surface area (Å²) in [6.45, 7) is 6.37. The molecule has 0 radical (unpaired) electrons. The van der Waals surface area contributed by atoms with E-state index in [2.05, 4.69) is 34.7 Å². The zero-order valence-electron chi connectivity index (χ0n) is 12.3. The Kier molecular flexibility index (Phi) is 5.71. The third-order valence-electron chi connectivity index (χ3n) is 3.91. The number of ether oxygens (including phenoxy) is 1. The monoisotopic (exact) mass is 362 g/mol. The van der Waals surface area contributed by atoms with Gasteiger partial charge in [-0.15, -0.1) is 0 Å². The quantitative estimate of drug-likeness (QED) is 0.837. The van der Waals surface area contributed by atoms with E-state index >= 15 is 0 Å². The fraction of sp³-hybridized carbons (Fsp3) is 0.600.